The molecule has 1 fully saturated rings. The third-order valence-electron chi connectivity index (χ3n) is 1.77. The Labute approximate surface area is 73.5 Å². The minimum Gasteiger partial charge on any atom is -0.390 e. The van der Waals surface area contributed by atoms with Gasteiger partial charge in [-0.15, -0.1) is 12.4 Å². The fourth-order valence-corrected chi connectivity index (χ4v) is 1.20. The molecule has 4 heteroatoms. The Morgan fingerprint density at radius 2 is 2.36 bits per heavy atom. The first kappa shape index (κ1) is 11.2. The van der Waals surface area contributed by atoms with E-state index in [9.17, 15) is 5.11 Å². The highest BCUT2D eigenvalue weighted by atomic mass is 35.5. The summed E-state index contributed by atoms with van der Waals surface area (Å²) in [6.45, 7) is 4.32. The second-order valence-corrected chi connectivity index (χ2v) is 2.55. The summed E-state index contributed by atoms with van der Waals surface area (Å²) in [4.78, 5) is 0. The summed E-state index contributed by atoms with van der Waals surface area (Å²) < 4.78 is 5.28. The van der Waals surface area contributed by atoms with Gasteiger partial charge in [0.05, 0.1) is 12.2 Å². The molecule has 68 valence electrons. The molecule has 2 N–H and O–H groups in total. The van der Waals surface area contributed by atoms with Gasteiger partial charge in [-0.25, -0.2) is 0 Å². The van der Waals surface area contributed by atoms with E-state index in [4.69, 9.17) is 4.74 Å². The summed E-state index contributed by atoms with van der Waals surface area (Å²) in [6.07, 6.45) is 0.560. The van der Waals surface area contributed by atoms with E-state index in [0.717, 1.165) is 19.5 Å². The first-order valence-electron chi connectivity index (χ1n) is 3.85. The average molecular weight is 182 g/mol. The van der Waals surface area contributed by atoms with E-state index in [1.165, 1.54) is 0 Å². The molecular weight excluding hydrogens is 166 g/mol. The van der Waals surface area contributed by atoms with E-state index in [0.29, 0.717) is 6.61 Å². The molecule has 1 aliphatic rings. The van der Waals surface area contributed by atoms with Crippen molar-refractivity contribution in [3.63, 3.8) is 0 Å². The van der Waals surface area contributed by atoms with Gasteiger partial charge in [0.2, 0.25) is 0 Å². The number of hydrogen-bond donors (Lipinski definition) is 2. The van der Waals surface area contributed by atoms with Gasteiger partial charge in [0.15, 0.2) is 0 Å². The Balaban J connectivity index is 0.000001000. The van der Waals surface area contributed by atoms with Crippen molar-refractivity contribution >= 4 is 12.4 Å². The van der Waals surface area contributed by atoms with Crippen LogP contribution in [0.3, 0.4) is 0 Å². The number of ether oxygens (including phenoxy) is 1. The number of nitrogens with one attached hydrogen (secondary N) is 1. The van der Waals surface area contributed by atoms with Gasteiger partial charge in [-0.05, 0) is 19.9 Å². The van der Waals surface area contributed by atoms with Gasteiger partial charge in [-0.1, -0.05) is 0 Å². The Hall–Kier alpha value is 0.170. The molecule has 0 radical (unpaired) electrons. The largest absolute Gasteiger partial charge is 0.390 e. The van der Waals surface area contributed by atoms with Crippen LogP contribution >= 0.6 is 12.4 Å². The standard InChI is InChI=1S/C7H15NO2.ClH/c1-2-10-7-5-8-4-3-6(7)9;/h6-9H,2-5H2,1H3;1H. The molecule has 0 bridgehead atoms. The second-order valence-electron chi connectivity index (χ2n) is 2.55. The third-order valence-corrected chi connectivity index (χ3v) is 1.77. The minimum atomic E-state index is -0.263. The van der Waals surface area contributed by atoms with Crippen molar-refractivity contribution in [2.45, 2.75) is 25.6 Å². The average Bonchev–Trinajstić information content (AvgIpc) is 1.94. The van der Waals surface area contributed by atoms with Crippen LogP contribution in [0.4, 0.5) is 0 Å². The maximum Gasteiger partial charge on any atom is 0.0958 e. The monoisotopic (exact) mass is 181 g/mol. The first-order valence-corrected chi connectivity index (χ1v) is 3.85. The van der Waals surface area contributed by atoms with E-state index in [1.54, 1.807) is 0 Å². The SMILES string of the molecule is CCOC1CNCCC1O.Cl. The van der Waals surface area contributed by atoms with Crippen LogP contribution in [0.2, 0.25) is 0 Å². The van der Waals surface area contributed by atoms with Crippen molar-refractivity contribution in [1.82, 2.24) is 5.32 Å². The lowest BCUT2D eigenvalue weighted by Gasteiger charge is -2.27. The van der Waals surface area contributed by atoms with Gasteiger partial charge in [-0.2, -0.15) is 0 Å². The lowest BCUT2D eigenvalue weighted by molar-refractivity contribution is -0.0460. The number of rotatable bonds is 2. The smallest absolute Gasteiger partial charge is 0.0958 e. The lowest BCUT2D eigenvalue weighted by Crippen LogP contribution is -2.45. The molecule has 1 heterocycles. The van der Waals surface area contributed by atoms with Crippen molar-refractivity contribution in [2.24, 2.45) is 0 Å². The van der Waals surface area contributed by atoms with Gasteiger partial charge < -0.3 is 15.2 Å². The van der Waals surface area contributed by atoms with Crippen LogP contribution in [-0.2, 0) is 4.74 Å². The van der Waals surface area contributed by atoms with Gasteiger partial charge in [0.1, 0.15) is 0 Å². The van der Waals surface area contributed by atoms with Gasteiger partial charge in [0.25, 0.3) is 0 Å². The van der Waals surface area contributed by atoms with Gasteiger partial charge in [-0.3, -0.25) is 0 Å². The van der Waals surface area contributed by atoms with Crippen LogP contribution in [0, 0.1) is 0 Å². The second kappa shape index (κ2) is 5.77. The highest BCUT2D eigenvalue weighted by molar-refractivity contribution is 5.85. The lowest BCUT2D eigenvalue weighted by atomic mass is 10.1. The fourth-order valence-electron chi connectivity index (χ4n) is 1.20. The Morgan fingerprint density at radius 1 is 1.64 bits per heavy atom. The Bertz CT molecular complexity index is 100. The van der Waals surface area contributed by atoms with E-state index in [1.807, 2.05) is 6.92 Å². The molecule has 2 unspecified atom stereocenters. The molecule has 0 amide bonds. The Kier molecular flexibility index (Phi) is 5.86. The topological polar surface area (TPSA) is 41.5 Å². The molecule has 0 aromatic carbocycles. The van der Waals surface area contributed by atoms with Crippen molar-refractivity contribution in [3.05, 3.63) is 0 Å². The molecule has 1 rings (SSSR count). The van der Waals surface area contributed by atoms with E-state index in [-0.39, 0.29) is 24.6 Å². The molecule has 0 spiro atoms. The van der Waals surface area contributed by atoms with Crippen molar-refractivity contribution in [3.8, 4) is 0 Å². The minimum absolute atomic E-state index is 0. The van der Waals surface area contributed by atoms with Crippen molar-refractivity contribution < 1.29 is 9.84 Å². The fraction of sp³-hybridized carbons (Fsp3) is 1.00. The van der Waals surface area contributed by atoms with Crippen LogP contribution < -0.4 is 5.32 Å². The van der Waals surface area contributed by atoms with Crippen molar-refractivity contribution in [1.29, 1.82) is 0 Å². The Morgan fingerprint density at radius 3 is 2.91 bits per heavy atom. The zero-order chi connectivity index (χ0) is 7.40. The van der Waals surface area contributed by atoms with Crippen LogP contribution in [-0.4, -0.2) is 37.0 Å². The number of hydrogen-bond acceptors (Lipinski definition) is 3. The molecule has 11 heavy (non-hydrogen) atoms. The zero-order valence-electron chi connectivity index (χ0n) is 6.75. The molecule has 2 atom stereocenters. The van der Waals surface area contributed by atoms with E-state index < -0.39 is 0 Å². The highest BCUT2D eigenvalue weighted by Gasteiger charge is 2.22. The van der Waals surface area contributed by atoms with Gasteiger partial charge in [0, 0.05) is 13.2 Å². The van der Waals surface area contributed by atoms with Gasteiger partial charge >= 0.3 is 0 Å². The molecule has 3 nitrogen and oxygen atoms in total. The number of piperidine rings is 1. The maximum atomic E-state index is 9.34. The summed E-state index contributed by atoms with van der Waals surface area (Å²) >= 11 is 0. The molecule has 0 saturated carbocycles. The van der Waals surface area contributed by atoms with Crippen LogP contribution in [0.25, 0.3) is 0 Å². The number of aliphatic hydroxyl groups excluding tert-OH is 1. The number of aliphatic hydroxyl groups is 1. The van der Waals surface area contributed by atoms with Crippen LogP contribution in [0.15, 0.2) is 0 Å². The molecule has 0 aromatic rings. The van der Waals surface area contributed by atoms with Crippen molar-refractivity contribution in [2.75, 3.05) is 19.7 Å². The summed E-state index contributed by atoms with van der Waals surface area (Å²) in [5.74, 6) is 0. The van der Waals surface area contributed by atoms with E-state index >= 15 is 0 Å². The predicted molar refractivity (Wildman–Crippen MR) is 46.2 cm³/mol. The maximum absolute atomic E-state index is 9.34. The van der Waals surface area contributed by atoms with Crippen LogP contribution in [0.5, 0.6) is 0 Å². The summed E-state index contributed by atoms with van der Waals surface area (Å²) in [6, 6.07) is 0. The molecule has 1 aliphatic heterocycles. The molecule has 0 aliphatic carbocycles. The predicted octanol–water partition coefficient (Wildman–Crippen LogP) is 0.167. The summed E-state index contributed by atoms with van der Waals surface area (Å²) in [5, 5.41) is 12.5. The molecular formula is C7H16ClNO2. The highest BCUT2D eigenvalue weighted by Crippen LogP contribution is 2.06. The zero-order valence-corrected chi connectivity index (χ0v) is 7.56. The van der Waals surface area contributed by atoms with Crippen LogP contribution in [0.1, 0.15) is 13.3 Å². The quantitative estimate of drug-likeness (QED) is 0.638. The molecule has 0 aromatic heterocycles. The normalized spacial score (nSPS) is 31.1. The summed E-state index contributed by atoms with van der Waals surface area (Å²) in [7, 11) is 0. The number of halogens is 1. The third kappa shape index (κ3) is 3.38. The first-order chi connectivity index (χ1) is 4.84. The molecule has 1 saturated heterocycles. The van der Waals surface area contributed by atoms with E-state index in [2.05, 4.69) is 5.32 Å². The summed E-state index contributed by atoms with van der Waals surface area (Å²) in [5.41, 5.74) is 0.